The number of benzene rings is 1. The van der Waals surface area contributed by atoms with Crippen molar-refractivity contribution in [3.63, 3.8) is 0 Å². The number of nitrogens with zero attached hydrogens (tertiary/aromatic N) is 4. The molecule has 6 nitrogen and oxygen atoms in total. The van der Waals surface area contributed by atoms with Gasteiger partial charge in [-0.1, -0.05) is 36.6 Å². The molecule has 7 heteroatoms. The summed E-state index contributed by atoms with van der Waals surface area (Å²) >= 11 is 6.16. The lowest BCUT2D eigenvalue weighted by atomic mass is 10.0. The summed E-state index contributed by atoms with van der Waals surface area (Å²) in [4.78, 5) is 25.6. The number of carbonyl (C=O) groups excluding carboxylic acids is 1. The monoisotopic (exact) mass is 400 g/mol. The van der Waals surface area contributed by atoms with Crippen LogP contribution in [-0.4, -0.2) is 46.5 Å². The molecule has 0 radical (unpaired) electrons. The third-order valence-electron chi connectivity index (χ3n) is 5.62. The van der Waals surface area contributed by atoms with Gasteiger partial charge in [0.1, 0.15) is 17.9 Å². The lowest BCUT2D eigenvalue weighted by Gasteiger charge is -2.41. The summed E-state index contributed by atoms with van der Waals surface area (Å²) in [7, 11) is 0. The maximum atomic E-state index is 12.8. The van der Waals surface area contributed by atoms with Crippen LogP contribution in [0.5, 0.6) is 11.6 Å². The fourth-order valence-electron chi connectivity index (χ4n) is 4.10. The number of ether oxygens (including phenoxy) is 1. The quantitative estimate of drug-likeness (QED) is 0.771. The number of halogens is 1. The summed E-state index contributed by atoms with van der Waals surface area (Å²) in [5.74, 6) is 2.38. The van der Waals surface area contributed by atoms with Crippen LogP contribution in [0.1, 0.15) is 32.6 Å². The summed E-state index contributed by atoms with van der Waals surface area (Å²) in [6.07, 6.45) is 5.95. The van der Waals surface area contributed by atoms with Crippen molar-refractivity contribution in [1.29, 1.82) is 0 Å². The van der Waals surface area contributed by atoms with Crippen LogP contribution in [0.15, 0.2) is 36.7 Å². The van der Waals surface area contributed by atoms with E-state index in [1.807, 2.05) is 18.2 Å². The summed E-state index contributed by atoms with van der Waals surface area (Å²) in [5, 5.41) is 0.537. The van der Waals surface area contributed by atoms with Crippen LogP contribution in [0, 0.1) is 5.92 Å². The summed E-state index contributed by atoms with van der Waals surface area (Å²) < 4.78 is 5.82. The molecule has 2 fully saturated rings. The van der Waals surface area contributed by atoms with E-state index in [1.165, 1.54) is 19.2 Å². The molecule has 28 heavy (non-hydrogen) atoms. The number of rotatable bonds is 4. The molecule has 0 bridgehead atoms. The fraction of sp³-hybridized carbons (Fsp3) is 0.476. The highest BCUT2D eigenvalue weighted by Crippen LogP contribution is 2.30. The van der Waals surface area contributed by atoms with Crippen LogP contribution in [0.4, 0.5) is 5.82 Å². The minimum absolute atomic E-state index is 0.157. The Balaban J connectivity index is 1.43. The minimum Gasteiger partial charge on any atom is -0.437 e. The van der Waals surface area contributed by atoms with Gasteiger partial charge in [0.25, 0.3) is 0 Å². The van der Waals surface area contributed by atoms with Crippen molar-refractivity contribution in [1.82, 2.24) is 14.9 Å². The van der Waals surface area contributed by atoms with E-state index >= 15 is 0 Å². The number of amides is 1. The Morgan fingerprint density at radius 1 is 1.18 bits per heavy atom. The molecular formula is C21H25ClN4O2. The Morgan fingerprint density at radius 3 is 2.71 bits per heavy atom. The van der Waals surface area contributed by atoms with Crippen molar-refractivity contribution in [3.05, 3.63) is 41.7 Å². The zero-order valence-electron chi connectivity index (χ0n) is 16.1. The van der Waals surface area contributed by atoms with Gasteiger partial charge in [-0.25, -0.2) is 9.97 Å². The molecule has 2 aromatic rings. The summed E-state index contributed by atoms with van der Waals surface area (Å²) in [5.41, 5.74) is 0. The van der Waals surface area contributed by atoms with E-state index in [-0.39, 0.29) is 12.0 Å². The number of para-hydroxylation sites is 1. The van der Waals surface area contributed by atoms with Gasteiger partial charge in [-0.15, -0.1) is 0 Å². The normalized spacial score (nSPS) is 20.4. The lowest BCUT2D eigenvalue weighted by Crippen LogP contribution is -2.55. The summed E-state index contributed by atoms with van der Waals surface area (Å²) in [6, 6.07) is 9.29. The minimum atomic E-state index is 0.157. The number of hydrogen-bond donors (Lipinski definition) is 0. The van der Waals surface area contributed by atoms with Crippen molar-refractivity contribution in [3.8, 4) is 11.6 Å². The SMILES string of the molecule is C[C@@H]1CN(c2cc(Oc3ccccc3Cl)ncn2)CCN1C(=O)C1CCCC1. The molecule has 1 atom stereocenters. The third kappa shape index (κ3) is 4.07. The van der Waals surface area contributed by atoms with E-state index < -0.39 is 0 Å². The molecule has 2 aliphatic rings. The maximum Gasteiger partial charge on any atom is 0.226 e. The molecular weight excluding hydrogens is 376 g/mol. The molecule has 1 aliphatic heterocycles. The number of aromatic nitrogens is 2. The Labute approximate surface area is 170 Å². The van der Waals surface area contributed by atoms with E-state index in [0.29, 0.717) is 22.6 Å². The molecule has 0 unspecified atom stereocenters. The van der Waals surface area contributed by atoms with E-state index in [2.05, 4.69) is 26.7 Å². The highest BCUT2D eigenvalue weighted by molar-refractivity contribution is 6.32. The average molecular weight is 401 g/mol. The van der Waals surface area contributed by atoms with Gasteiger partial charge in [0.2, 0.25) is 11.8 Å². The van der Waals surface area contributed by atoms with Crippen LogP contribution >= 0.6 is 11.6 Å². The van der Waals surface area contributed by atoms with Crippen LogP contribution in [0.25, 0.3) is 0 Å². The lowest BCUT2D eigenvalue weighted by molar-refractivity contribution is -0.137. The molecule has 148 valence electrons. The van der Waals surface area contributed by atoms with Crippen molar-refractivity contribution in [2.45, 2.75) is 38.6 Å². The van der Waals surface area contributed by atoms with Crippen molar-refractivity contribution in [2.24, 2.45) is 5.92 Å². The molecule has 1 aliphatic carbocycles. The molecule has 1 saturated heterocycles. The van der Waals surface area contributed by atoms with Gasteiger partial charge in [0, 0.05) is 37.7 Å². The smallest absolute Gasteiger partial charge is 0.226 e. The van der Waals surface area contributed by atoms with Gasteiger partial charge in [-0.3, -0.25) is 4.79 Å². The first-order chi connectivity index (χ1) is 13.6. The predicted molar refractivity (Wildman–Crippen MR) is 109 cm³/mol. The first-order valence-electron chi connectivity index (χ1n) is 9.91. The Bertz CT molecular complexity index is 841. The maximum absolute atomic E-state index is 12.8. The fourth-order valence-corrected chi connectivity index (χ4v) is 4.27. The van der Waals surface area contributed by atoms with Gasteiger partial charge in [-0.2, -0.15) is 0 Å². The van der Waals surface area contributed by atoms with E-state index in [9.17, 15) is 4.79 Å². The Kier molecular flexibility index (Phi) is 5.67. The average Bonchev–Trinajstić information content (AvgIpc) is 3.24. The highest BCUT2D eigenvalue weighted by atomic mass is 35.5. The number of piperazine rings is 1. The first kappa shape index (κ1) is 19.0. The number of hydrogen-bond acceptors (Lipinski definition) is 5. The van der Waals surface area contributed by atoms with E-state index in [1.54, 1.807) is 12.1 Å². The molecule has 0 N–H and O–H groups in total. The predicted octanol–water partition coefficient (Wildman–Crippen LogP) is 4.15. The largest absolute Gasteiger partial charge is 0.437 e. The molecule has 1 aromatic heterocycles. The highest BCUT2D eigenvalue weighted by Gasteiger charge is 2.33. The second-order valence-corrected chi connectivity index (χ2v) is 7.96. The number of carbonyl (C=O) groups is 1. The topological polar surface area (TPSA) is 58.6 Å². The Morgan fingerprint density at radius 2 is 1.96 bits per heavy atom. The first-order valence-corrected chi connectivity index (χ1v) is 10.3. The van der Waals surface area contributed by atoms with Crippen molar-refractivity contribution in [2.75, 3.05) is 24.5 Å². The van der Waals surface area contributed by atoms with Crippen LogP contribution in [0.3, 0.4) is 0 Å². The van der Waals surface area contributed by atoms with Crippen LogP contribution in [0.2, 0.25) is 5.02 Å². The van der Waals surface area contributed by atoms with Crippen LogP contribution < -0.4 is 9.64 Å². The molecule has 0 spiro atoms. The van der Waals surface area contributed by atoms with Gasteiger partial charge >= 0.3 is 0 Å². The second kappa shape index (κ2) is 8.35. The van der Waals surface area contributed by atoms with Gasteiger partial charge < -0.3 is 14.5 Å². The zero-order valence-corrected chi connectivity index (χ0v) is 16.8. The molecule has 1 aromatic carbocycles. The Hall–Kier alpha value is -2.34. The van der Waals surface area contributed by atoms with E-state index in [0.717, 1.165) is 38.3 Å². The van der Waals surface area contributed by atoms with Gasteiger partial charge in [0.05, 0.1) is 5.02 Å². The van der Waals surface area contributed by atoms with Gasteiger partial charge in [0.15, 0.2) is 0 Å². The zero-order chi connectivity index (χ0) is 19.5. The van der Waals surface area contributed by atoms with Crippen molar-refractivity contribution >= 4 is 23.3 Å². The van der Waals surface area contributed by atoms with E-state index in [4.69, 9.17) is 16.3 Å². The van der Waals surface area contributed by atoms with Gasteiger partial charge in [-0.05, 0) is 31.9 Å². The van der Waals surface area contributed by atoms with Crippen LogP contribution in [-0.2, 0) is 4.79 Å². The summed E-state index contributed by atoms with van der Waals surface area (Å²) in [6.45, 7) is 4.34. The molecule has 1 amide bonds. The molecule has 1 saturated carbocycles. The third-order valence-corrected chi connectivity index (χ3v) is 5.93. The molecule has 4 rings (SSSR count). The van der Waals surface area contributed by atoms with Crippen molar-refractivity contribution < 1.29 is 9.53 Å². The number of anilines is 1. The molecule has 2 heterocycles. The standard InChI is InChI=1S/C21H25ClN4O2/c1-15-13-25(10-11-26(15)21(27)16-6-2-3-7-16)19-12-20(24-14-23-19)28-18-9-5-4-8-17(18)22/h4-5,8-9,12,14-16H,2-3,6-7,10-11,13H2,1H3/t15-/m1/s1. The second-order valence-electron chi connectivity index (χ2n) is 7.55.